The fourth-order valence-electron chi connectivity index (χ4n) is 1.31. The first-order chi connectivity index (χ1) is 7.76. The summed E-state index contributed by atoms with van der Waals surface area (Å²) >= 11 is 0. The van der Waals surface area contributed by atoms with E-state index in [1.807, 2.05) is 6.07 Å². The van der Waals surface area contributed by atoms with Crippen LogP contribution >= 0.6 is 0 Å². The summed E-state index contributed by atoms with van der Waals surface area (Å²) in [7, 11) is 0. The van der Waals surface area contributed by atoms with Gasteiger partial charge in [-0.3, -0.25) is 4.79 Å². The molecule has 0 saturated carbocycles. The Labute approximate surface area is 94.0 Å². The second-order valence-corrected chi connectivity index (χ2v) is 3.18. The number of ether oxygens (including phenoxy) is 1. The molecule has 0 radical (unpaired) electrons. The Balaban J connectivity index is 2.57. The lowest BCUT2D eigenvalue weighted by Crippen LogP contribution is -2.04. The molecule has 16 heavy (non-hydrogen) atoms. The van der Waals surface area contributed by atoms with Crippen LogP contribution in [0.3, 0.4) is 0 Å². The fourth-order valence-corrected chi connectivity index (χ4v) is 1.31. The van der Waals surface area contributed by atoms with Crippen molar-refractivity contribution in [3.05, 3.63) is 29.8 Å². The Bertz CT molecular complexity index is 408. The molecule has 0 spiro atoms. The number of carbonyl (C=O) groups excluding carboxylic acids is 2. The van der Waals surface area contributed by atoms with E-state index in [0.29, 0.717) is 25.1 Å². The Kier molecular flexibility index (Phi) is 4.96. The van der Waals surface area contributed by atoms with Gasteiger partial charge in [-0.25, -0.2) is 4.79 Å². The van der Waals surface area contributed by atoms with E-state index < -0.39 is 0 Å². The summed E-state index contributed by atoms with van der Waals surface area (Å²) in [5.41, 5.74) is 1.50. The smallest absolute Gasteiger partial charge is 0.306 e. The van der Waals surface area contributed by atoms with Gasteiger partial charge in [0.15, 0.2) is 0 Å². The second kappa shape index (κ2) is 6.53. The van der Waals surface area contributed by atoms with Crippen molar-refractivity contribution in [3.63, 3.8) is 0 Å². The summed E-state index contributed by atoms with van der Waals surface area (Å²) in [6.45, 7) is 2.17. The van der Waals surface area contributed by atoms with E-state index >= 15 is 0 Å². The van der Waals surface area contributed by atoms with Crippen LogP contribution in [-0.2, 0) is 20.7 Å². The minimum Gasteiger partial charge on any atom is -0.466 e. The average molecular weight is 219 g/mol. The van der Waals surface area contributed by atoms with Crippen LogP contribution < -0.4 is 0 Å². The highest BCUT2D eigenvalue weighted by molar-refractivity contribution is 5.69. The molecule has 0 amide bonds. The molecule has 1 aromatic rings. The van der Waals surface area contributed by atoms with Crippen LogP contribution in [0, 0.1) is 0 Å². The monoisotopic (exact) mass is 219 g/mol. The van der Waals surface area contributed by atoms with Gasteiger partial charge in [0, 0.05) is 6.42 Å². The maximum atomic E-state index is 11.1. The lowest BCUT2D eigenvalue weighted by atomic mass is 10.1. The van der Waals surface area contributed by atoms with E-state index in [0.717, 1.165) is 5.56 Å². The van der Waals surface area contributed by atoms with Crippen molar-refractivity contribution in [3.8, 4) is 0 Å². The van der Waals surface area contributed by atoms with Crippen molar-refractivity contribution in [1.82, 2.24) is 0 Å². The van der Waals surface area contributed by atoms with Crippen LogP contribution in [0.25, 0.3) is 0 Å². The maximum absolute atomic E-state index is 11.1. The Morgan fingerprint density at radius 2 is 2.31 bits per heavy atom. The van der Waals surface area contributed by atoms with Crippen molar-refractivity contribution in [2.24, 2.45) is 4.99 Å². The van der Waals surface area contributed by atoms with Gasteiger partial charge in [0.25, 0.3) is 0 Å². The molecule has 0 saturated heterocycles. The van der Waals surface area contributed by atoms with E-state index in [2.05, 4.69) is 4.99 Å². The molecule has 0 N–H and O–H groups in total. The van der Waals surface area contributed by atoms with Gasteiger partial charge in [-0.1, -0.05) is 12.1 Å². The van der Waals surface area contributed by atoms with Crippen LogP contribution in [0.5, 0.6) is 0 Å². The summed E-state index contributed by atoms with van der Waals surface area (Å²) < 4.78 is 4.82. The highest BCUT2D eigenvalue weighted by atomic mass is 16.5. The molecule has 0 unspecified atom stereocenters. The number of hydrogen-bond donors (Lipinski definition) is 0. The quantitative estimate of drug-likeness (QED) is 0.433. The molecule has 4 heteroatoms. The number of aryl methyl sites for hydroxylation is 1. The first-order valence-corrected chi connectivity index (χ1v) is 5.08. The number of hydrogen-bond acceptors (Lipinski definition) is 4. The van der Waals surface area contributed by atoms with Gasteiger partial charge >= 0.3 is 5.97 Å². The van der Waals surface area contributed by atoms with Crippen molar-refractivity contribution < 1.29 is 14.3 Å². The third-order valence-corrected chi connectivity index (χ3v) is 2.01. The van der Waals surface area contributed by atoms with Gasteiger partial charge in [0.1, 0.15) is 0 Å². The van der Waals surface area contributed by atoms with Crippen molar-refractivity contribution in [2.75, 3.05) is 6.61 Å². The highest BCUT2D eigenvalue weighted by Gasteiger charge is 2.02. The zero-order valence-electron chi connectivity index (χ0n) is 9.10. The molecule has 1 aromatic carbocycles. The Hall–Kier alpha value is -1.93. The van der Waals surface area contributed by atoms with Gasteiger partial charge in [-0.05, 0) is 31.0 Å². The lowest BCUT2D eigenvalue weighted by molar-refractivity contribution is -0.143. The van der Waals surface area contributed by atoms with Crippen LogP contribution in [0.4, 0.5) is 5.69 Å². The molecular weight excluding hydrogens is 206 g/mol. The number of rotatable bonds is 5. The minimum absolute atomic E-state index is 0.216. The average Bonchev–Trinajstić information content (AvgIpc) is 2.28. The molecule has 0 aliphatic heterocycles. The molecule has 0 aliphatic rings. The molecule has 4 nitrogen and oxygen atoms in total. The van der Waals surface area contributed by atoms with E-state index in [-0.39, 0.29) is 5.97 Å². The van der Waals surface area contributed by atoms with E-state index in [4.69, 9.17) is 4.74 Å². The number of esters is 1. The second-order valence-electron chi connectivity index (χ2n) is 3.18. The van der Waals surface area contributed by atoms with Gasteiger partial charge in [-0.15, -0.1) is 0 Å². The summed E-state index contributed by atoms with van der Waals surface area (Å²) in [6.07, 6.45) is 2.40. The highest BCUT2D eigenvalue weighted by Crippen LogP contribution is 2.14. The third kappa shape index (κ3) is 4.07. The summed E-state index contributed by atoms with van der Waals surface area (Å²) in [5, 5.41) is 0. The summed E-state index contributed by atoms with van der Waals surface area (Å²) in [4.78, 5) is 24.7. The fraction of sp³-hybridized carbons (Fsp3) is 0.333. The topological polar surface area (TPSA) is 55.7 Å². The predicted molar refractivity (Wildman–Crippen MR) is 59.2 cm³/mol. The molecule has 0 fully saturated rings. The van der Waals surface area contributed by atoms with Crippen LogP contribution in [0.15, 0.2) is 29.3 Å². The van der Waals surface area contributed by atoms with Gasteiger partial charge in [-0.2, -0.15) is 4.99 Å². The first-order valence-electron chi connectivity index (χ1n) is 5.08. The largest absolute Gasteiger partial charge is 0.466 e. The van der Waals surface area contributed by atoms with E-state index in [9.17, 15) is 9.59 Å². The Morgan fingerprint density at radius 3 is 3.00 bits per heavy atom. The lowest BCUT2D eigenvalue weighted by Gasteiger charge is -2.02. The number of benzene rings is 1. The van der Waals surface area contributed by atoms with E-state index in [1.165, 1.54) is 6.08 Å². The molecule has 0 heterocycles. The van der Waals surface area contributed by atoms with Crippen molar-refractivity contribution in [2.45, 2.75) is 19.8 Å². The predicted octanol–water partition coefficient (Wildman–Crippen LogP) is 2.15. The van der Waals surface area contributed by atoms with Crippen LogP contribution in [0.1, 0.15) is 18.9 Å². The summed E-state index contributed by atoms with van der Waals surface area (Å²) in [6, 6.07) is 7.13. The standard InChI is InChI=1S/C12H13NO3/c1-2-16-12(15)7-6-10-4-3-5-11(8-10)13-9-14/h3-5,8H,2,6-7H2,1H3. The zero-order chi connectivity index (χ0) is 11.8. The number of carbonyl (C=O) groups is 1. The zero-order valence-corrected chi connectivity index (χ0v) is 9.10. The van der Waals surface area contributed by atoms with Gasteiger partial charge in [0.2, 0.25) is 6.08 Å². The molecule has 1 rings (SSSR count). The first kappa shape index (κ1) is 12.1. The summed E-state index contributed by atoms with van der Waals surface area (Å²) in [5.74, 6) is -0.216. The normalized spacial score (nSPS) is 9.31. The van der Waals surface area contributed by atoms with Crippen molar-refractivity contribution >= 4 is 17.7 Å². The molecular formula is C12H13NO3. The molecule has 0 bridgehead atoms. The molecule has 0 aliphatic carbocycles. The molecule has 0 atom stereocenters. The van der Waals surface area contributed by atoms with Crippen LogP contribution in [0.2, 0.25) is 0 Å². The van der Waals surface area contributed by atoms with E-state index in [1.54, 1.807) is 25.1 Å². The number of isocyanates is 1. The van der Waals surface area contributed by atoms with Gasteiger partial charge in [0.05, 0.1) is 12.3 Å². The van der Waals surface area contributed by atoms with Crippen molar-refractivity contribution in [1.29, 1.82) is 0 Å². The number of nitrogens with zero attached hydrogens (tertiary/aromatic N) is 1. The number of aliphatic imine (C=N–C) groups is 1. The minimum atomic E-state index is -0.216. The van der Waals surface area contributed by atoms with Crippen LogP contribution in [-0.4, -0.2) is 18.7 Å². The SMILES string of the molecule is CCOC(=O)CCc1cccc(N=C=O)c1. The molecule has 84 valence electrons. The third-order valence-electron chi connectivity index (χ3n) is 2.01. The van der Waals surface area contributed by atoms with Gasteiger partial charge < -0.3 is 4.74 Å². The Morgan fingerprint density at radius 1 is 1.50 bits per heavy atom. The molecule has 0 aromatic heterocycles. The maximum Gasteiger partial charge on any atom is 0.306 e.